The van der Waals surface area contributed by atoms with Gasteiger partial charge in [0.15, 0.2) is 6.10 Å². The molecule has 92 valence electrons. The van der Waals surface area contributed by atoms with E-state index in [1.807, 2.05) is 13.8 Å². The maximum absolute atomic E-state index is 11.0. The summed E-state index contributed by atoms with van der Waals surface area (Å²) in [5.74, 6) is -1.35. The van der Waals surface area contributed by atoms with E-state index in [1.165, 1.54) is 13.8 Å². The van der Waals surface area contributed by atoms with Crippen LogP contribution in [0.2, 0.25) is 0 Å². The molecule has 0 N–H and O–H groups in total. The van der Waals surface area contributed by atoms with Crippen molar-refractivity contribution >= 4 is 11.9 Å². The predicted molar refractivity (Wildman–Crippen MR) is 55.4 cm³/mol. The molecule has 1 aliphatic heterocycles. The average molecular weight is 231 g/mol. The van der Waals surface area contributed by atoms with Crippen LogP contribution in [0.5, 0.6) is 0 Å². The Hall–Kier alpha value is -1.10. The lowest BCUT2D eigenvalue weighted by atomic mass is 9.99. The molecule has 0 spiro atoms. The molecule has 16 heavy (non-hydrogen) atoms. The third-order valence-corrected chi connectivity index (χ3v) is 2.50. The summed E-state index contributed by atoms with van der Waals surface area (Å²) in [5, 5.41) is 0. The van der Waals surface area contributed by atoms with E-state index in [0.29, 0.717) is 6.42 Å². The van der Waals surface area contributed by atoms with Crippen molar-refractivity contribution in [2.75, 3.05) is 0 Å². The summed E-state index contributed by atoms with van der Waals surface area (Å²) < 4.78 is 23.3. The van der Waals surface area contributed by atoms with Crippen molar-refractivity contribution in [3.63, 3.8) is 0 Å². The Morgan fingerprint density at radius 2 is 1.88 bits per heavy atom. The van der Waals surface area contributed by atoms with Crippen molar-refractivity contribution in [1.82, 2.24) is 0 Å². The van der Waals surface area contributed by atoms with Crippen LogP contribution < -0.4 is 0 Å². The number of hydrogen-bond acceptors (Lipinski definition) is 5. The van der Waals surface area contributed by atoms with Gasteiger partial charge in [-0.05, 0) is 6.42 Å². The molecule has 0 bridgehead atoms. The van der Waals surface area contributed by atoms with Gasteiger partial charge in [-0.25, -0.2) is 0 Å². The molecular weight excluding hydrogens is 212 g/mol. The highest BCUT2D eigenvalue weighted by molar-refractivity contribution is 5.67. The van der Waals surface area contributed by atoms with Crippen molar-refractivity contribution in [2.45, 2.75) is 52.6 Å². The van der Waals surface area contributed by atoms with E-state index in [1.54, 1.807) is 0 Å². The number of rotatable bonds is 3. The van der Waals surface area contributed by atoms with Gasteiger partial charge in [-0.15, -0.1) is 0 Å². The molecule has 0 aromatic carbocycles. The van der Waals surface area contributed by atoms with Gasteiger partial charge in [0.05, 0.1) is 6.10 Å². The molecule has 1 aliphatic rings. The maximum Gasteiger partial charge on any atom is 0.305 e. The summed E-state index contributed by atoms with van der Waals surface area (Å²) in [5.41, 5.74) is 0. The first-order chi connectivity index (χ1) is 7.80. The maximum atomic E-state index is 11.0. The zero-order valence-electron chi connectivity index (χ0n) is 11.0. The van der Waals surface area contributed by atoms with Crippen molar-refractivity contribution < 1.29 is 25.2 Å². The highest BCUT2D eigenvalue weighted by atomic mass is 16.7. The SMILES string of the molecule is [2H]C1(OC(C)=O)O[C@H](CC)[C@@H](C)[C@H]1OC(C)=O. The van der Waals surface area contributed by atoms with Gasteiger partial charge in [-0.2, -0.15) is 0 Å². The fourth-order valence-corrected chi connectivity index (χ4v) is 1.75. The summed E-state index contributed by atoms with van der Waals surface area (Å²) in [4.78, 5) is 22.0. The van der Waals surface area contributed by atoms with Crippen LogP contribution in [0.4, 0.5) is 0 Å². The lowest BCUT2D eigenvalue weighted by molar-refractivity contribution is -0.194. The van der Waals surface area contributed by atoms with Crippen LogP contribution in [0.25, 0.3) is 0 Å². The monoisotopic (exact) mass is 231 g/mol. The fraction of sp³-hybridized carbons (Fsp3) is 0.818. The summed E-state index contributed by atoms with van der Waals surface area (Å²) in [6, 6.07) is 0. The van der Waals surface area contributed by atoms with E-state index in [0.717, 1.165) is 0 Å². The van der Waals surface area contributed by atoms with Crippen molar-refractivity contribution in [3.05, 3.63) is 0 Å². The van der Waals surface area contributed by atoms with Gasteiger partial charge in [-0.3, -0.25) is 9.59 Å². The minimum absolute atomic E-state index is 0.194. The Morgan fingerprint density at radius 3 is 2.31 bits per heavy atom. The van der Waals surface area contributed by atoms with E-state index in [4.69, 9.17) is 15.6 Å². The van der Waals surface area contributed by atoms with Crippen LogP contribution in [-0.4, -0.2) is 30.4 Å². The average Bonchev–Trinajstić information content (AvgIpc) is 2.40. The van der Waals surface area contributed by atoms with E-state index in [9.17, 15) is 9.59 Å². The molecule has 0 aromatic rings. The summed E-state index contributed by atoms with van der Waals surface area (Å²) in [6.07, 6.45) is -2.44. The minimum Gasteiger partial charge on any atom is -0.455 e. The van der Waals surface area contributed by atoms with Crippen molar-refractivity contribution in [2.24, 2.45) is 5.92 Å². The minimum atomic E-state index is -1.93. The summed E-state index contributed by atoms with van der Waals surface area (Å²) in [7, 11) is 0. The molecule has 1 fully saturated rings. The lowest BCUT2D eigenvalue weighted by Crippen LogP contribution is -2.33. The molecule has 1 heterocycles. The van der Waals surface area contributed by atoms with Gasteiger partial charge in [0, 0.05) is 19.8 Å². The quantitative estimate of drug-likeness (QED) is 0.684. The van der Waals surface area contributed by atoms with Crippen LogP contribution in [0.15, 0.2) is 0 Å². The van der Waals surface area contributed by atoms with Gasteiger partial charge in [0.25, 0.3) is 0 Å². The first-order valence-electron chi connectivity index (χ1n) is 5.84. The van der Waals surface area contributed by atoms with Crippen LogP contribution in [-0.2, 0) is 23.8 Å². The molecule has 0 amide bonds. The standard InChI is InChI=1S/C11H18O5/c1-5-9-6(2)10(14-7(3)12)11(16-9)15-8(4)13/h6,9-11H,5H2,1-4H3/t6-,9-,10-,11?/m1/s1/i11D. The van der Waals surface area contributed by atoms with E-state index in [-0.39, 0.29) is 12.0 Å². The molecule has 0 aromatic heterocycles. The van der Waals surface area contributed by atoms with Gasteiger partial charge < -0.3 is 14.2 Å². The largest absolute Gasteiger partial charge is 0.455 e. The number of carbonyl (C=O) groups is 2. The summed E-state index contributed by atoms with van der Waals surface area (Å²) in [6.45, 7) is 6.14. The van der Waals surface area contributed by atoms with Crippen LogP contribution in [0.3, 0.4) is 0 Å². The Balaban J connectivity index is 2.92. The van der Waals surface area contributed by atoms with Crippen LogP contribution in [0, 0.1) is 5.92 Å². The van der Waals surface area contributed by atoms with E-state index >= 15 is 0 Å². The second kappa shape index (κ2) is 5.30. The Kier molecular flexibility index (Phi) is 3.77. The van der Waals surface area contributed by atoms with Crippen LogP contribution >= 0.6 is 0 Å². The molecule has 5 heteroatoms. The normalized spacial score (nSPS) is 39.0. The molecule has 0 saturated carbocycles. The zero-order chi connectivity index (χ0) is 13.2. The molecule has 1 unspecified atom stereocenters. The van der Waals surface area contributed by atoms with Gasteiger partial charge >= 0.3 is 11.9 Å². The third-order valence-electron chi connectivity index (χ3n) is 2.50. The number of carbonyl (C=O) groups excluding carboxylic acids is 2. The van der Waals surface area contributed by atoms with E-state index < -0.39 is 24.3 Å². The molecule has 5 nitrogen and oxygen atoms in total. The zero-order valence-corrected chi connectivity index (χ0v) is 9.98. The molecule has 1 saturated heterocycles. The summed E-state index contributed by atoms with van der Waals surface area (Å²) >= 11 is 0. The smallest absolute Gasteiger partial charge is 0.305 e. The second-order valence-corrected chi connectivity index (χ2v) is 3.87. The van der Waals surface area contributed by atoms with Gasteiger partial charge in [0.1, 0.15) is 1.37 Å². The Bertz CT molecular complexity index is 319. The second-order valence-electron chi connectivity index (χ2n) is 3.87. The number of esters is 2. The predicted octanol–water partition coefficient (Wildman–Crippen LogP) is 1.25. The van der Waals surface area contributed by atoms with Crippen LogP contribution in [0.1, 0.15) is 35.5 Å². The fourth-order valence-electron chi connectivity index (χ4n) is 1.75. The highest BCUT2D eigenvalue weighted by Crippen LogP contribution is 2.31. The molecule has 0 radical (unpaired) electrons. The topological polar surface area (TPSA) is 61.8 Å². The number of ether oxygens (including phenoxy) is 3. The van der Waals surface area contributed by atoms with Crippen molar-refractivity contribution in [3.8, 4) is 0 Å². The molecular formula is C11H18O5. The van der Waals surface area contributed by atoms with Gasteiger partial charge in [0.2, 0.25) is 6.27 Å². The third kappa shape index (κ3) is 2.95. The van der Waals surface area contributed by atoms with E-state index in [2.05, 4.69) is 0 Å². The van der Waals surface area contributed by atoms with Gasteiger partial charge in [-0.1, -0.05) is 13.8 Å². The first-order valence-corrected chi connectivity index (χ1v) is 5.34. The Labute approximate surface area is 96.5 Å². The molecule has 1 rings (SSSR count). The first kappa shape index (κ1) is 11.4. The van der Waals surface area contributed by atoms with Crippen molar-refractivity contribution in [1.29, 1.82) is 0 Å². The molecule has 4 atom stereocenters. The molecule has 0 aliphatic carbocycles. The Morgan fingerprint density at radius 1 is 1.31 bits per heavy atom. The highest BCUT2D eigenvalue weighted by Gasteiger charge is 2.45. The lowest BCUT2D eigenvalue weighted by Gasteiger charge is -2.19. The number of hydrogen-bond donors (Lipinski definition) is 0.